The summed E-state index contributed by atoms with van der Waals surface area (Å²) in [5.74, 6) is 0.191. The number of carbonyl (C=O) groups excluding carboxylic acids is 1. The van der Waals surface area contributed by atoms with Gasteiger partial charge in [-0.25, -0.2) is 0 Å². The van der Waals surface area contributed by atoms with Crippen LogP contribution in [-0.2, 0) is 20.2 Å². The molecule has 0 saturated heterocycles. The van der Waals surface area contributed by atoms with Gasteiger partial charge in [-0.1, -0.05) is 18.2 Å². The van der Waals surface area contributed by atoms with Crippen molar-refractivity contribution in [2.24, 2.45) is 5.10 Å². The van der Waals surface area contributed by atoms with Crippen molar-refractivity contribution < 1.29 is 13.2 Å². The number of hydrogen-bond donors (Lipinski definition) is 0. The highest BCUT2D eigenvalue weighted by Crippen LogP contribution is 2.13. The fourth-order valence-corrected chi connectivity index (χ4v) is 1.54. The molecule has 5 nitrogen and oxygen atoms in total. The Morgan fingerprint density at radius 2 is 2.07 bits per heavy atom. The van der Waals surface area contributed by atoms with Crippen LogP contribution in [0, 0.1) is 0 Å². The van der Waals surface area contributed by atoms with Crippen LogP contribution in [0.25, 0.3) is 0 Å². The van der Waals surface area contributed by atoms with E-state index < -0.39 is 11.3 Å². The topological polar surface area (TPSA) is 59.0 Å². The Kier molecular flexibility index (Phi) is 2.28. The minimum absolute atomic E-state index is 0.191. The molecule has 1 atom stereocenters. The second-order valence-corrected chi connectivity index (χ2v) is 3.45. The van der Waals surface area contributed by atoms with E-state index in [0.717, 1.165) is 4.41 Å². The highest BCUT2D eigenvalue weighted by atomic mass is 32.2. The maximum Gasteiger partial charge on any atom is 0.344 e. The summed E-state index contributed by atoms with van der Waals surface area (Å²) in [6, 6.07) is 8.95. The Balaban J connectivity index is 2.30. The van der Waals surface area contributed by atoms with Gasteiger partial charge in [-0.2, -0.15) is 4.21 Å². The van der Waals surface area contributed by atoms with Crippen LogP contribution < -0.4 is 0 Å². The molecular weight excluding hydrogens is 204 g/mol. The molecule has 1 aliphatic rings. The van der Waals surface area contributed by atoms with Crippen LogP contribution in [-0.4, -0.2) is 20.9 Å². The zero-order valence-corrected chi connectivity index (χ0v) is 7.81. The van der Waals surface area contributed by atoms with Crippen molar-refractivity contribution in [1.82, 2.24) is 4.41 Å². The minimum atomic E-state index is -1.83. The number of benzene rings is 1. The molecule has 1 aliphatic heterocycles. The van der Waals surface area contributed by atoms with Gasteiger partial charge in [-0.15, -0.1) is 9.52 Å². The van der Waals surface area contributed by atoms with E-state index in [1.807, 2.05) is 6.07 Å². The van der Waals surface area contributed by atoms with E-state index in [1.54, 1.807) is 24.3 Å². The summed E-state index contributed by atoms with van der Waals surface area (Å²) >= 11 is -1.83. The van der Waals surface area contributed by atoms with Gasteiger partial charge in [0.25, 0.3) is 5.90 Å². The van der Waals surface area contributed by atoms with Crippen LogP contribution >= 0.6 is 0 Å². The van der Waals surface area contributed by atoms with Gasteiger partial charge in [-0.05, 0) is 12.1 Å². The van der Waals surface area contributed by atoms with Crippen LogP contribution in [0.2, 0.25) is 0 Å². The molecule has 0 spiro atoms. The molecule has 72 valence electrons. The molecule has 0 aromatic heterocycles. The first-order valence-corrected chi connectivity index (χ1v) is 4.83. The van der Waals surface area contributed by atoms with Gasteiger partial charge in [0.05, 0.1) is 0 Å². The Labute approximate surface area is 82.8 Å². The smallest absolute Gasteiger partial charge is 0.344 e. The summed E-state index contributed by atoms with van der Waals surface area (Å²) in [6.45, 7) is 0. The number of hydrazone groups is 1. The first kappa shape index (κ1) is 8.89. The normalized spacial score (nSPS) is 20.1. The maximum absolute atomic E-state index is 11.1. The summed E-state index contributed by atoms with van der Waals surface area (Å²) in [4.78, 5) is 10.3. The third-order valence-electron chi connectivity index (χ3n) is 1.60. The lowest BCUT2D eigenvalue weighted by atomic mass is 10.2. The van der Waals surface area contributed by atoms with Crippen molar-refractivity contribution in [3.8, 4) is 0 Å². The lowest BCUT2D eigenvalue weighted by Gasteiger charge is -1.96. The van der Waals surface area contributed by atoms with Crippen molar-refractivity contribution in [3.05, 3.63) is 35.9 Å². The molecule has 1 amide bonds. The average Bonchev–Trinajstić information content (AvgIpc) is 2.61. The Morgan fingerprint density at radius 1 is 1.36 bits per heavy atom. The standard InChI is InChI=1S/C8H6N2O3S/c11-6-10-9-8(13-14(10)12)7-4-2-1-3-5-7/h1-6H. The van der Waals surface area contributed by atoms with E-state index in [9.17, 15) is 9.00 Å². The van der Waals surface area contributed by atoms with Gasteiger partial charge < -0.3 is 4.18 Å². The lowest BCUT2D eigenvalue weighted by molar-refractivity contribution is -0.113. The first-order chi connectivity index (χ1) is 6.81. The summed E-state index contributed by atoms with van der Waals surface area (Å²) in [5.41, 5.74) is 0.685. The summed E-state index contributed by atoms with van der Waals surface area (Å²) in [7, 11) is 0. The molecule has 14 heavy (non-hydrogen) atoms. The van der Waals surface area contributed by atoms with Crippen LogP contribution in [0.4, 0.5) is 0 Å². The Bertz CT molecular complexity index is 404. The van der Waals surface area contributed by atoms with Gasteiger partial charge >= 0.3 is 11.3 Å². The first-order valence-electron chi connectivity index (χ1n) is 3.80. The van der Waals surface area contributed by atoms with Crippen molar-refractivity contribution in [3.63, 3.8) is 0 Å². The molecule has 0 fully saturated rings. The highest BCUT2D eigenvalue weighted by molar-refractivity contribution is 7.79. The van der Waals surface area contributed by atoms with Crippen LogP contribution in [0.1, 0.15) is 5.56 Å². The summed E-state index contributed by atoms with van der Waals surface area (Å²) in [6.07, 6.45) is 0.353. The average molecular weight is 210 g/mol. The van der Waals surface area contributed by atoms with Gasteiger partial charge in [0.15, 0.2) is 0 Å². The van der Waals surface area contributed by atoms with Crippen LogP contribution in [0.15, 0.2) is 35.4 Å². The van der Waals surface area contributed by atoms with Gasteiger partial charge in [-0.3, -0.25) is 4.79 Å². The molecule has 0 aliphatic carbocycles. The summed E-state index contributed by atoms with van der Waals surface area (Å²) < 4.78 is 16.7. The molecule has 0 bridgehead atoms. The van der Waals surface area contributed by atoms with Crippen molar-refractivity contribution >= 4 is 23.6 Å². The van der Waals surface area contributed by atoms with E-state index in [4.69, 9.17) is 4.18 Å². The molecular formula is C8H6N2O3S. The zero-order chi connectivity index (χ0) is 9.97. The molecule has 1 unspecified atom stereocenters. The van der Waals surface area contributed by atoms with Crippen molar-refractivity contribution in [2.45, 2.75) is 0 Å². The molecule has 0 N–H and O–H groups in total. The summed E-state index contributed by atoms with van der Waals surface area (Å²) in [5, 5.41) is 3.72. The van der Waals surface area contributed by atoms with Crippen LogP contribution in [0.5, 0.6) is 0 Å². The Morgan fingerprint density at radius 3 is 2.64 bits per heavy atom. The number of nitrogens with zero attached hydrogens (tertiary/aromatic N) is 2. The van der Waals surface area contributed by atoms with Crippen LogP contribution in [0.3, 0.4) is 0 Å². The fourth-order valence-electron chi connectivity index (χ4n) is 0.991. The maximum atomic E-state index is 11.1. The molecule has 1 aromatic rings. The molecule has 0 saturated carbocycles. The monoisotopic (exact) mass is 210 g/mol. The fraction of sp³-hybridized carbons (Fsp3) is 0. The van der Waals surface area contributed by atoms with E-state index in [0.29, 0.717) is 12.0 Å². The molecule has 2 rings (SSSR count). The lowest BCUT2D eigenvalue weighted by Crippen LogP contribution is -2.12. The zero-order valence-electron chi connectivity index (χ0n) is 6.99. The second kappa shape index (κ2) is 3.59. The predicted molar refractivity (Wildman–Crippen MR) is 50.1 cm³/mol. The number of rotatable bonds is 2. The molecule has 0 radical (unpaired) electrons. The highest BCUT2D eigenvalue weighted by Gasteiger charge is 2.24. The van der Waals surface area contributed by atoms with Crippen molar-refractivity contribution in [2.75, 3.05) is 0 Å². The molecule has 1 heterocycles. The molecule has 6 heteroatoms. The number of hydrogen-bond acceptors (Lipinski definition) is 4. The van der Waals surface area contributed by atoms with E-state index in [1.165, 1.54) is 0 Å². The third kappa shape index (κ3) is 1.51. The van der Waals surface area contributed by atoms with Gasteiger partial charge in [0.2, 0.25) is 6.41 Å². The predicted octanol–water partition coefficient (Wildman–Crippen LogP) is 0.415. The van der Waals surface area contributed by atoms with E-state index in [-0.39, 0.29) is 5.90 Å². The second-order valence-electron chi connectivity index (χ2n) is 2.48. The van der Waals surface area contributed by atoms with Gasteiger partial charge in [0, 0.05) is 5.56 Å². The minimum Gasteiger partial charge on any atom is -0.361 e. The third-order valence-corrected chi connectivity index (χ3v) is 2.38. The quantitative estimate of drug-likeness (QED) is 0.664. The van der Waals surface area contributed by atoms with Gasteiger partial charge in [0.1, 0.15) is 0 Å². The SMILES string of the molecule is O=CN1N=C(c2ccccc2)OS1=O. The number of amides is 1. The van der Waals surface area contributed by atoms with Crippen molar-refractivity contribution in [1.29, 1.82) is 0 Å². The van der Waals surface area contributed by atoms with E-state index in [2.05, 4.69) is 5.10 Å². The largest absolute Gasteiger partial charge is 0.361 e. The number of carbonyl (C=O) groups is 1. The Hall–Kier alpha value is -1.69. The molecule has 1 aromatic carbocycles. The van der Waals surface area contributed by atoms with E-state index >= 15 is 0 Å².